The number of carbonyl (C=O) groups excluding carboxylic acids is 2. The van der Waals surface area contributed by atoms with Crippen LogP contribution in [0.4, 0.5) is 13.6 Å². The molecule has 0 unspecified atom stereocenters. The van der Waals surface area contributed by atoms with Crippen molar-refractivity contribution in [2.45, 2.75) is 63.9 Å². The third-order valence-corrected chi connectivity index (χ3v) is 5.31. The maximum absolute atomic E-state index is 12.8. The van der Waals surface area contributed by atoms with E-state index in [0.29, 0.717) is 18.1 Å². The number of amides is 1. The average Bonchev–Trinajstić information content (AvgIpc) is 3.45. The Kier molecular flexibility index (Phi) is 6.83. The predicted molar refractivity (Wildman–Crippen MR) is 109 cm³/mol. The molecule has 1 N–H and O–H groups in total. The molecule has 1 aliphatic heterocycles. The smallest absolute Gasteiger partial charge is 0.411 e. The molecular formula is C22H29F2NO7. The maximum atomic E-state index is 12.8. The number of halogens is 2. The van der Waals surface area contributed by atoms with Crippen LogP contribution in [0.1, 0.15) is 45.6 Å². The predicted octanol–water partition coefficient (Wildman–Crippen LogP) is 3.45. The summed E-state index contributed by atoms with van der Waals surface area (Å²) in [6.07, 6.45) is 1.07. The number of carbonyl (C=O) groups is 2. The van der Waals surface area contributed by atoms with E-state index >= 15 is 0 Å². The fourth-order valence-corrected chi connectivity index (χ4v) is 3.55. The highest BCUT2D eigenvalue weighted by atomic mass is 19.3. The van der Waals surface area contributed by atoms with Gasteiger partial charge in [-0.05, 0) is 57.2 Å². The van der Waals surface area contributed by atoms with E-state index in [0.717, 1.165) is 17.7 Å². The van der Waals surface area contributed by atoms with Crippen molar-refractivity contribution in [3.05, 3.63) is 23.8 Å². The lowest BCUT2D eigenvalue weighted by molar-refractivity contribution is -0.145. The van der Waals surface area contributed by atoms with Crippen LogP contribution in [0.15, 0.2) is 18.2 Å². The topological polar surface area (TPSA) is 94.5 Å². The quantitative estimate of drug-likeness (QED) is 0.627. The molecule has 2 fully saturated rings. The number of benzene rings is 1. The van der Waals surface area contributed by atoms with Crippen LogP contribution in [0.25, 0.3) is 0 Å². The van der Waals surface area contributed by atoms with Gasteiger partial charge in [0.05, 0.1) is 20.3 Å². The van der Waals surface area contributed by atoms with E-state index in [-0.39, 0.29) is 24.5 Å². The summed E-state index contributed by atoms with van der Waals surface area (Å²) < 4.78 is 46.0. The largest absolute Gasteiger partial charge is 0.489 e. The minimum Gasteiger partial charge on any atom is -0.489 e. The first kappa shape index (κ1) is 24.0. The zero-order chi connectivity index (χ0) is 23.7. The molecule has 10 heteroatoms. The summed E-state index contributed by atoms with van der Waals surface area (Å²) in [5.74, 6) is -0.429. The second kappa shape index (κ2) is 9.09. The molecule has 2 atom stereocenters. The van der Waals surface area contributed by atoms with Gasteiger partial charge in [-0.3, -0.25) is 4.90 Å². The first-order chi connectivity index (χ1) is 14.9. The lowest BCUT2D eigenvalue weighted by Gasteiger charge is -2.28. The molecule has 0 spiro atoms. The molecule has 0 radical (unpaired) electrons. The van der Waals surface area contributed by atoms with Crippen LogP contribution in [0.2, 0.25) is 0 Å². The van der Waals surface area contributed by atoms with Crippen molar-refractivity contribution in [2.24, 2.45) is 5.92 Å². The zero-order valence-corrected chi connectivity index (χ0v) is 18.6. The second-order valence-electron chi connectivity index (χ2n) is 9.18. The van der Waals surface area contributed by atoms with Crippen molar-refractivity contribution >= 4 is 12.1 Å². The van der Waals surface area contributed by atoms with E-state index in [9.17, 15) is 23.5 Å². The van der Waals surface area contributed by atoms with Gasteiger partial charge in [-0.2, -0.15) is 8.78 Å². The minimum absolute atomic E-state index is 0.0634. The van der Waals surface area contributed by atoms with Crippen molar-refractivity contribution in [3.8, 4) is 11.5 Å². The normalized spacial score (nSPS) is 23.2. The number of likely N-dealkylation sites (tertiary alicyclic amines) is 1. The highest BCUT2D eigenvalue weighted by molar-refractivity contribution is 5.82. The summed E-state index contributed by atoms with van der Waals surface area (Å²) in [6.45, 7) is 2.11. The Morgan fingerprint density at radius 3 is 2.50 bits per heavy atom. The van der Waals surface area contributed by atoms with Gasteiger partial charge in [-0.1, -0.05) is 6.07 Å². The molecule has 8 nitrogen and oxygen atoms in total. The molecule has 1 saturated carbocycles. The number of hydrogen-bond donors (Lipinski definition) is 1. The molecule has 1 aromatic rings. The van der Waals surface area contributed by atoms with Crippen LogP contribution in [-0.2, 0) is 19.9 Å². The van der Waals surface area contributed by atoms with E-state index in [2.05, 4.69) is 4.74 Å². The van der Waals surface area contributed by atoms with E-state index in [1.165, 1.54) is 25.3 Å². The Hall–Kier alpha value is -2.62. The van der Waals surface area contributed by atoms with Crippen LogP contribution < -0.4 is 9.47 Å². The molecule has 1 saturated heterocycles. The summed E-state index contributed by atoms with van der Waals surface area (Å²) >= 11 is 0. The summed E-state index contributed by atoms with van der Waals surface area (Å²) in [5, 5.41) is 11.4. The Morgan fingerprint density at radius 2 is 1.94 bits per heavy atom. The molecule has 0 aromatic heterocycles. The number of esters is 1. The number of aliphatic hydroxyl groups is 1. The molecule has 1 aliphatic carbocycles. The van der Waals surface area contributed by atoms with Gasteiger partial charge in [0.2, 0.25) is 0 Å². The Labute approximate surface area is 185 Å². The van der Waals surface area contributed by atoms with E-state index in [4.69, 9.17) is 14.2 Å². The molecule has 2 aliphatic rings. The first-order valence-electron chi connectivity index (χ1n) is 10.4. The molecule has 1 heterocycles. The van der Waals surface area contributed by atoms with Crippen LogP contribution in [0.5, 0.6) is 11.5 Å². The molecule has 178 valence electrons. The van der Waals surface area contributed by atoms with E-state index in [1.807, 2.05) is 0 Å². The number of hydrogen-bond acceptors (Lipinski definition) is 7. The van der Waals surface area contributed by atoms with Crippen molar-refractivity contribution in [2.75, 3.05) is 20.3 Å². The molecular weight excluding hydrogens is 428 g/mol. The summed E-state index contributed by atoms with van der Waals surface area (Å²) in [5.41, 5.74) is -2.17. The third kappa shape index (κ3) is 5.79. The number of nitrogens with zero attached hydrogens (tertiary/aromatic N) is 1. The fourth-order valence-electron chi connectivity index (χ4n) is 3.55. The maximum Gasteiger partial charge on any atom is 0.411 e. The standard InChI is InChI=1S/C22H29F2NO7/c1-21(2,3)32-20(27)25-12-22(28,10-15(25)18(26)29-4)14-7-8-16(31-19(23)24)17(9-14)30-11-13-5-6-13/h7-9,13,15,19,28H,5-6,10-12H2,1-4H3/t15-,22-/m0/s1. The van der Waals surface area contributed by atoms with Crippen LogP contribution in [0.3, 0.4) is 0 Å². The van der Waals surface area contributed by atoms with Crippen molar-refractivity contribution in [3.63, 3.8) is 0 Å². The van der Waals surface area contributed by atoms with Crippen molar-refractivity contribution in [1.82, 2.24) is 4.90 Å². The lowest BCUT2D eigenvalue weighted by atomic mass is 9.91. The molecule has 1 aromatic carbocycles. The highest BCUT2D eigenvalue weighted by Gasteiger charge is 2.50. The monoisotopic (exact) mass is 457 g/mol. The average molecular weight is 457 g/mol. The molecule has 32 heavy (non-hydrogen) atoms. The highest BCUT2D eigenvalue weighted by Crippen LogP contribution is 2.41. The van der Waals surface area contributed by atoms with Gasteiger partial charge in [0.1, 0.15) is 17.2 Å². The van der Waals surface area contributed by atoms with Crippen LogP contribution in [0, 0.1) is 5.92 Å². The lowest BCUT2D eigenvalue weighted by Crippen LogP contribution is -2.44. The molecule has 1 amide bonds. The van der Waals surface area contributed by atoms with E-state index in [1.54, 1.807) is 20.8 Å². The summed E-state index contributed by atoms with van der Waals surface area (Å²) in [6, 6.07) is 3.03. The van der Waals surface area contributed by atoms with E-state index < -0.39 is 35.9 Å². The fraction of sp³-hybridized carbons (Fsp3) is 0.636. The number of ether oxygens (including phenoxy) is 4. The Bertz CT molecular complexity index is 853. The van der Waals surface area contributed by atoms with Gasteiger partial charge < -0.3 is 24.1 Å². The Balaban J connectivity index is 1.89. The van der Waals surface area contributed by atoms with Crippen LogP contribution in [-0.4, -0.2) is 60.6 Å². The zero-order valence-electron chi connectivity index (χ0n) is 18.6. The van der Waals surface area contributed by atoms with Gasteiger partial charge in [-0.15, -0.1) is 0 Å². The van der Waals surface area contributed by atoms with Gasteiger partial charge in [0.15, 0.2) is 11.5 Å². The van der Waals surface area contributed by atoms with Crippen molar-refractivity contribution < 1.29 is 42.4 Å². The van der Waals surface area contributed by atoms with Gasteiger partial charge in [-0.25, -0.2) is 9.59 Å². The third-order valence-electron chi connectivity index (χ3n) is 5.31. The van der Waals surface area contributed by atoms with Gasteiger partial charge in [0.25, 0.3) is 0 Å². The molecule has 3 rings (SSSR count). The van der Waals surface area contributed by atoms with Crippen molar-refractivity contribution in [1.29, 1.82) is 0 Å². The van der Waals surface area contributed by atoms with Gasteiger partial charge in [0, 0.05) is 6.42 Å². The SMILES string of the molecule is COC(=O)[C@@H]1C[C@@](O)(c2ccc(OC(F)F)c(OCC3CC3)c2)CN1C(=O)OC(C)(C)C. The number of alkyl halides is 2. The second-order valence-corrected chi connectivity index (χ2v) is 9.18. The number of methoxy groups -OCH3 is 1. The van der Waals surface area contributed by atoms with Gasteiger partial charge >= 0.3 is 18.7 Å². The Morgan fingerprint density at radius 1 is 1.25 bits per heavy atom. The summed E-state index contributed by atoms with van der Waals surface area (Å²) in [7, 11) is 1.19. The minimum atomic E-state index is -3.04. The summed E-state index contributed by atoms with van der Waals surface area (Å²) in [4.78, 5) is 26.1. The number of rotatable bonds is 7. The first-order valence-corrected chi connectivity index (χ1v) is 10.4. The molecule has 0 bridgehead atoms. The number of β-amino-alcohol motifs (C(OH)–C–C–N with tert-alkyl or cyclic N) is 1. The van der Waals surface area contributed by atoms with Crippen LogP contribution >= 0.6 is 0 Å².